The molecule has 8 heteroatoms. The van der Waals surface area contributed by atoms with Crippen molar-refractivity contribution in [3.05, 3.63) is 29.8 Å². The van der Waals surface area contributed by atoms with Crippen molar-refractivity contribution in [1.82, 2.24) is 5.01 Å². The van der Waals surface area contributed by atoms with E-state index in [4.69, 9.17) is 5.11 Å². The normalized spacial score (nSPS) is 22.3. The number of hydrogen-bond acceptors (Lipinski definition) is 4. The van der Waals surface area contributed by atoms with Crippen molar-refractivity contribution >= 4 is 11.6 Å². The van der Waals surface area contributed by atoms with E-state index in [1.807, 2.05) is 0 Å². The zero-order valence-electron chi connectivity index (χ0n) is 11.1. The Balaban J connectivity index is 2.37. The Kier molecular flexibility index (Phi) is 3.66. The van der Waals surface area contributed by atoms with E-state index >= 15 is 0 Å². The van der Waals surface area contributed by atoms with Gasteiger partial charge in [-0.2, -0.15) is 23.3 Å². The van der Waals surface area contributed by atoms with E-state index in [0.29, 0.717) is 5.01 Å². The first-order valence-electron chi connectivity index (χ1n) is 6.18. The zero-order chi connectivity index (χ0) is 15.8. The van der Waals surface area contributed by atoms with Crippen LogP contribution < -0.4 is 0 Å². The van der Waals surface area contributed by atoms with Gasteiger partial charge < -0.3 is 10.2 Å². The Bertz CT molecular complexity index is 583. The number of phenolic OH excluding ortho intramolecular Hbond substituents is 1. The van der Waals surface area contributed by atoms with E-state index in [0.717, 1.165) is 0 Å². The summed E-state index contributed by atoms with van der Waals surface area (Å²) in [6, 6.07) is 4.94. The predicted octanol–water partition coefficient (Wildman–Crippen LogP) is 2.25. The van der Waals surface area contributed by atoms with Crippen LogP contribution in [0.2, 0.25) is 0 Å². The summed E-state index contributed by atoms with van der Waals surface area (Å²) in [5.74, 6) is -0.947. The smallest absolute Gasteiger partial charge is 0.431 e. The van der Waals surface area contributed by atoms with Crippen LogP contribution in [0.25, 0.3) is 0 Å². The van der Waals surface area contributed by atoms with Crippen molar-refractivity contribution in [2.24, 2.45) is 5.10 Å². The lowest BCUT2D eigenvalue weighted by Gasteiger charge is -2.29. The van der Waals surface area contributed by atoms with Gasteiger partial charge >= 0.3 is 6.18 Å². The van der Waals surface area contributed by atoms with Crippen LogP contribution >= 0.6 is 0 Å². The molecule has 0 spiro atoms. The monoisotopic (exact) mass is 302 g/mol. The third-order valence-corrected chi connectivity index (χ3v) is 3.27. The van der Waals surface area contributed by atoms with Crippen LogP contribution in [0.1, 0.15) is 30.1 Å². The average Bonchev–Trinajstić information content (AvgIpc) is 2.77. The molecule has 1 aromatic carbocycles. The molecule has 0 fully saturated rings. The molecule has 2 N–H and O–H groups in total. The van der Waals surface area contributed by atoms with Gasteiger partial charge in [0.2, 0.25) is 0 Å². The number of hydrazone groups is 1. The number of carbonyl (C=O) groups excluding carboxylic acids is 1. The van der Waals surface area contributed by atoms with Crippen molar-refractivity contribution in [3.8, 4) is 5.75 Å². The van der Waals surface area contributed by atoms with Gasteiger partial charge in [-0.25, -0.2) is 0 Å². The Labute approximate surface area is 118 Å². The fraction of sp³-hybridized carbons (Fsp3) is 0.385. The van der Waals surface area contributed by atoms with Crippen LogP contribution in [-0.4, -0.2) is 38.7 Å². The number of hydrogen-bond donors (Lipinski definition) is 2. The van der Waals surface area contributed by atoms with Crippen LogP contribution in [0.5, 0.6) is 5.75 Å². The summed E-state index contributed by atoms with van der Waals surface area (Å²) in [6.45, 7) is 1.46. The minimum Gasteiger partial charge on any atom is -0.508 e. The SMILES string of the molecule is CC[C@@]1(O)CC(C(F)(F)F)=NN1C(=O)c1ccc(O)cc1. The quantitative estimate of drug-likeness (QED) is 0.880. The highest BCUT2D eigenvalue weighted by molar-refractivity contribution is 5.99. The van der Waals surface area contributed by atoms with Gasteiger partial charge in [-0.15, -0.1) is 0 Å². The minimum atomic E-state index is -4.70. The first-order chi connectivity index (χ1) is 9.67. The standard InChI is InChI=1S/C13H13F3N2O3/c1-2-12(21)7-10(13(14,15)16)17-18(12)11(20)8-3-5-9(19)6-4-8/h3-6,19,21H,2,7H2,1H3/t12-/m1/s1. The number of rotatable bonds is 2. The van der Waals surface area contributed by atoms with Crippen LogP contribution in [0.3, 0.4) is 0 Å². The molecule has 2 rings (SSSR count). The molecule has 0 bridgehead atoms. The second-order valence-corrected chi connectivity index (χ2v) is 4.72. The summed E-state index contributed by atoms with van der Waals surface area (Å²) >= 11 is 0. The predicted molar refractivity (Wildman–Crippen MR) is 67.6 cm³/mol. The summed E-state index contributed by atoms with van der Waals surface area (Å²) in [7, 11) is 0. The van der Waals surface area contributed by atoms with E-state index < -0.39 is 29.9 Å². The first kappa shape index (κ1) is 15.3. The summed E-state index contributed by atoms with van der Waals surface area (Å²) in [5, 5.41) is 23.1. The number of nitrogens with zero attached hydrogens (tertiary/aromatic N) is 2. The molecule has 1 atom stereocenters. The molecule has 1 aliphatic rings. The molecule has 1 amide bonds. The summed E-state index contributed by atoms with van der Waals surface area (Å²) < 4.78 is 38.2. The van der Waals surface area contributed by atoms with E-state index in [-0.39, 0.29) is 17.7 Å². The molecule has 0 aromatic heterocycles. The lowest BCUT2D eigenvalue weighted by atomic mass is 10.0. The number of alkyl halides is 3. The van der Waals surface area contributed by atoms with Crippen LogP contribution in [0.4, 0.5) is 13.2 Å². The molecule has 0 radical (unpaired) electrons. The van der Waals surface area contributed by atoms with Gasteiger partial charge in [-0.05, 0) is 30.7 Å². The summed E-state index contributed by atoms with van der Waals surface area (Å²) in [6.07, 6.45) is -5.57. The van der Waals surface area contributed by atoms with Gasteiger partial charge in [0, 0.05) is 12.0 Å². The highest BCUT2D eigenvalue weighted by atomic mass is 19.4. The van der Waals surface area contributed by atoms with Crippen LogP contribution in [-0.2, 0) is 0 Å². The van der Waals surface area contributed by atoms with E-state index in [1.54, 1.807) is 0 Å². The van der Waals surface area contributed by atoms with Crippen LogP contribution in [0, 0.1) is 0 Å². The average molecular weight is 302 g/mol. The number of phenols is 1. The van der Waals surface area contributed by atoms with Crippen LogP contribution in [0.15, 0.2) is 29.4 Å². The second kappa shape index (κ2) is 5.03. The molecule has 1 aromatic rings. The molecular weight excluding hydrogens is 289 g/mol. The maximum atomic E-state index is 12.7. The van der Waals surface area contributed by atoms with E-state index in [2.05, 4.69) is 5.10 Å². The molecule has 21 heavy (non-hydrogen) atoms. The van der Waals surface area contributed by atoms with Gasteiger partial charge in [-0.1, -0.05) is 6.92 Å². The fourth-order valence-electron chi connectivity index (χ4n) is 1.98. The maximum Gasteiger partial charge on any atom is 0.431 e. The first-order valence-corrected chi connectivity index (χ1v) is 6.18. The van der Waals surface area contributed by atoms with Gasteiger partial charge in [0.05, 0.1) is 0 Å². The summed E-state index contributed by atoms with van der Waals surface area (Å²) in [5.41, 5.74) is -3.18. The Morgan fingerprint density at radius 2 is 1.95 bits per heavy atom. The Morgan fingerprint density at radius 3 is 2.43 bits per heavy atom. The third-order valence-electron chi connectivity index (χ3n) is 3.27. The number of aromatic hydroxyl groups is 1. The molecule has 0 saturated heterocycles. The number of benzene rings is 1. The maximum absolute atomic E-state index is 12.7. The lowest BCUT2D eigenvalue weighted by Crippen LogP contribution is -2.45. The zero-order valence-corrected chi connectivity index (χ0v) is 11.1. The minimum absolute atomic E-state index is 0.0202. The Morgan fingerprint density at radius 1 is 1.38 bits per heavy atom. The second-order valence-electron chi connectivity index (χ2n) is 4.72. The van der Waals surface area contributed by atoms with Gasteiger partial charge in [0.1, 0.15) is 11.5 Å². The van der Waals surface area contributed by atoms with E-state index in [1.165, 1.54) is 31.2 Å². The fourth-order valence-corrected chi connectivity index (χ4v) is 1.98. The largest absolute Gasteiger partial charge is 0.508 e. The van der Waals surface area contributed by atoms with Gasteiger partial charge in [0.15, 0.2) is 5.72 Å². The topological polar surface area (TPSA) is 73.1 Å². The molecule has 114 valence electrons. The van der Waals surface area contributed by atoms with E-state index in [9.17, 15) is 23.1 Å². The van der Waals surface area contributed by atoms with Gasteiger partial charge in [0.25, 0.3) is 5.91 Å². The highest BCUT2D eigenvalue weighted by Gasteiger charge is 2.51. The van der Waals surface area contributed by atoms with Crippen molar-refractivity contribution in [1.29, 1.82) is 0 Å². The number of halogens is 3. The van der Waals surface area contributed by atoms with Crippen molar-refractivity contribution in [2.75, 3.05) is 0 Å². The molecular formula is C13H13F3N2O3. The number of amides is 1. The molecule has 0 saturated carbocycles. The summed E-state index contributed by atoms with van der Waals surface area (Å²) in [4.78, 5) is 12.2. The van der Waals surface area contributed by atoms with Crippen molar-refractivity contribution < 1.29 is 28.2 Å². The van der Waals surface area contributed by atoms with Gasteiger partial charge in [-0.3, -0.25) is 4.79 Å². The number of aliphatic hydroxyl groups is 1. The van der Waals surface area contributed by atoms with Crippen molar-refractivity contribution in [3.63, 3.8) is 0 Å². The lowest BCUT2D eigenvalue weighted by molar-refractivity contribution is -0.0784. The molecule has 0 unspecified atom stereocenters. The van der Waals surface area contributed by atoms with Crippen molar-refractivity contribution in [2.45, 2.75) is 31.7 Å². The Hall–Kier alpha value is -2.09. The molecule has 0 aliphatic carbocycles. The molecule has 5 nitrogen and oxygen atoms in total. The number of carbonyl (C=O) groups is 1. The molecule has 1 aliphatic heterocycles. The third kappa shape index (κ3) is 2.85. The molecule has 1 heterocycles. The highest BCUT2D eigenvalue weighted by Crippen LogP contribution is 2.35.